The van der Waals surface area contributed by atoms with Gasteiger partial charge in [-0.1, -0.05) is 29.7 Å². The molecule has 2 aromatic carbocycles. The second kappa shape index (κ2) is 5.57. The van der Waals surface area contributed by atoms with Gasteiger partial charge in [0, 0.05) is 10.6 Å². The Hall–Kier alpha value is -1.98. The summed E-state index contributed by atoms with van der Waals surface area (Å²) in [6.07, 6.45) is 4.59. The molecule has 89 valence electrons. The van der Waals surface area contributed by atoms with Crippen LogP contribution in [0.1, 0.15) is 11.7 Å². The van der Waals surface area contributed by atoms with E-state index in [1.165, 1.54) is 12.1 Å². The van der Waals surface area contributed by atoms with Crippen LogP contribution in [0, 0.1) is 24.2 Å². The lowest BCUT2D eigenvalue weighted by Gasteiger charge is -2.14. The molecular weight excluding hydrogens is 251 g/mol. The highest BCUT2D eigenvalue weighted by molar-refractivity contribution is 6.30. The van der Waals surface area contributed by atoms with Crippen LogP contribution in [0.2, 0.25) is 5.02 Å². The van der Waals surface area contributed by atoms with Crippen molar-refractivity contribution >= 4 is 11.6 Å². The second-order valence-corrected chi connectivity index (χ2v) is 4.00. The molecule has 0 saturated heterocycles. The Kier molecular flexibility index (Phi) is 3.86. The minimum absolute atomic E-state index is 0.287. The maximum Gasteiger partial charge on any atom is 0.186 e. The highest BCUT2D eigenvalue weighted by Gasteiger charge is 2.15. The fraction of sp³-hybridized carbons (Fsp3) is 0.0667. The Labute approximate surface area is 110 Å². The fourth-order valence-electron chi connectivity index (χ4n) is 1.49. The number of ether oxygens (including phenoxy) is 1. The lowest BCUT2D eigenvalue weighted by Crippen LogP contribution is -2.07. The van der Waals surface area contributed by atoms with Crippen LogP contribution in [0.3, 0.4) is 0 Å². The summed E-state index contributed by atoms with van der Waals surface area (Å²) in [5.41, 5.74) is 0.287. The van der Waals surface area contributed by atoms with Crippen molar-refractivity contribution < 1.29 is 9.13 Å². The minimum atomic E-state index is -0.787. The van der Waals surface area contributed by atoms with E-state index in [4.69, 9.17) is 22.8 Å². The molecule has 0 saturated carbocycles. The van der Waals surface area contributed by atoms with Crippen LogP contribution in [0.5, 0.6) is 5.75 Å². The summed E-state index contributed by atoms with van der Waals surface area (Å²) in [7, 11) is 0. The van der Waals surface area contributed by atoms with Crippen molar-refractivity contribution in [1.82, 2.24) is 0 Å². The zero-order valence-electron chi connectivity index (χ0n) is 9.36. The van der Waals surface area contributed by atoms with E-state index in [9.17, 15) is 4.39 Å². The molecule has 0 N–H and O–H groups in total. The smallest absolute Gasteiger partial charge is 0.186 e. The molecule has 1 atom stereocenters. The molecule has 1 radical (unpaired) electrons. The summed E-state index contributed by atoms with van der Waals surface area (Å²) in [6.45, 7) is 0. The van der Waals surface area contributed by atoms with Gasteiger partial charge in [-0.15, -0.1) is 6.42 Å². The normalized spacial score (nSPS) is 11.6. The zero-order chi connectivity index (χ0) is 13.0. The van der Waals surface area contributed by atoms with Crippen molar-refractivity contribution in [1.29, 1.82) is 0 Å². The van der Waals surface area contributed by atoms with Crippen LogP contribution in [0.4, 0.5) is 4.39 Å². The second-order valence-electron chi connectivity index (χ2n) is 3.57. The molecule has 0 aliphatic carbocycles. The number of rotatable bonds is 3. The van der Waals surface area contributed by atoms with Gasteiger partial charge in [-0.2, -0.15) is 0 Å². The van der Waals surface area contributed by atoms with Gasteiger partial charge in [-0.05, 0) is 36.4 Å². The molecule has 3 heteroatoms. The first kappa shape index (κ1) is 12.5. The van der Waals surface area contributed by atoms with Crippen molar-refractivity contribution in [2.75, 3.05) is 0 Å². The van der Waals surface area contributed by atoms with E-state index in [1.807, 2.05) is 0 Å². The van der Waals surface area contributed by atoms with Gasteiger partial charge in [0.2, 0.25) is 0 Å². The average Bonchev–Trinajstić information content (AvgIpc) is 2.38. The van der Waals surface area contributed by atoms with Gasteiger partial charge in [-0.3, -0.25) is 0 Å². The summed E-state index contributed by atoms with van der Waals surface area (Å²) < 4.78 is 19.3. The maximum atomic E-state index is 13.7. The molecule has 18 heavy (non-hydrogen) atoms. The molecule has 1 unspecified atom stereocenters. The topological polar surface area (TPSA) is 9.23 Å². The van der Waals surface area contributed by atoms with Gasteiger partial charge in [-0.25, -0.2) is 4.39 Å². The quantitative estimate of drug-likeness (QED) is 0.756. The summed E-state index contributed by atoms with van der Waals surface area (Å²) >= 11 is 5.69. The molecule has 0 heterocycles. The summed E-state index contributed by atoms with van der Waals surface area (Å²) in [5.74, 6) is 2.49. The third-order valence-electron chi connectivity index (χ3n) is 2.34. The van der Waals surface area contributed by atoms with Gasteiger partial charge >= 0.3 is 0 Å². The van der Waals surface area contributed by atoms with Gasteiger partial charge in [0.25, 0.3) is 0 Å². The molecule has 0 bridgehead atoms. The number of hydrogen-bond acceptors (Lipinski definition) is 1. The van der Waals surface area contributed by atoms with E-state index in [1.54, 1.807) is 30.3 Å². The molecule has 2 aromatic rings. The number of hydrogen-bond donors (Lipinski definition) is 0. The first-order valence-electron chi connectivity index (χ1n) is 5.24. The Morgan fingerprint density at radius 1 is 1.28 bits per heavy atom. The first-order chi connectivity index (χ1) is 8.70. The van der Waals surface area contributed by atoms with Crippen molar-refractivity contribution in [2.45, 2.75) is 6.10 Å². The van der Waals surface area contributed by atoms with Gasteiger partial charge in [0.05, 0.1) is 0 Å². The molecule has 0 aliphatic heterocycles. The van der Waals surface area contributed by atoms with E-state index in [0.29, 0.717) is 10.8 Å². The van der Waals surface area contributed by atoms with Gasteiger partial charge in [0.15, 0.2) is 6.10 Å². The fourth-order valence-corrected chi connectivity index (χ4v) is 1.65. The molecule has 1 nitrogen and oxygen atoms in total. The largest absolute Gasteiger partial charge is 0.473 e. The lowest BCUT2D eigenvalue weighted by atomic mass is 10.1. The molecule has 0 spiro atoms. The van der Waals surface area contributed by atoms with Crippen molar-refractivity contribution in [2.24, 2.45) is 0 Å². The van der Waals surface area contributed by atoms with Crippen LogP contribution in [0.25, 0.3) is 0 Å². The predicted octanol–water partition coefficient (Wildman–Crippen LogP) is 4.03. The molecule has 2 rings (SSSR count). The van der Waals surface area contributed by atoms with Crippen LogP contribution in [0.15, 0.2) is 42.5 Å². The van der Waals surface area contributed by atoms with Crippen LogP contribution >= 0.6 is 11.6 Å². The SMILES string of the molecule is C#CC(Oc1cc[c]cc1)c1ccc(Cl)cc1F. The average molecular weight is 260 g/mol. The Morgan fingerprint density at radius 2 is 2.00 bits per heavy atom. The van der Waals surface area contributed by atoms with Crippen LogP contribution in [-0.4, -0.2) is 0 Å². The van der Waals surface area contributed by atoms with Gasteiger partial charge < -0.3 is 4.74 Å². The van der Waals surface area contributed by atoms with Crippen molar-refractivity contribution in [3.05, 3.63) is 64.9 Å². The van der Waals surface area contributed by atoms with E-state index < -0.39 is 11.9 Å². The van der Waals surface area contributed by atoms with E-state index in [0.717, 1.165) is 0 Å². The number of halogens is 2. The Balaban J connectivity index is 2.27. The Morgan fingerprint density at radius 3 is 2.61 bits per heavy atom. The van der Waals surface area contributed by atoms with E-state index >= 15 is 0 Å². The molecular formula is C15H9ClFO. The van der Waals surface area contributed by atoms with Crippen molar-refractivity contribution in [3.63, 3.8) is 0 Å². The summed E-state index contributed by atoms with van der Waals surface area (Å²) in [5, 5.41) is 0.321. The van der Waals surface area contributed by atoms with E-state index in [2.05, 4.69) is 12.0 Å². The lowest BCUT2D eigenvalue weighted by molar-refractivity contribution is 0.259. The van der Waals surface area contributed by atoms with Crippen LogP contribution in [-0.2, 0) is 0 Å². The first-order valence-corrected chi connectivity index (χ1v) is 5.62. The summed E-state index contributed by atoms with van der Waals surface area (Å²) in [6, 6.07) is 14.0. The van der Waals surface area contributed by atoms with Crippen LogP contribution < -0.4 is 4.74 Å². The molecule has 0 aliphatic rings. The molecule has 0 amide bonds. The Bertz CT molecular complexity index is 575. The number of terminal acetylenes is 1. The third-order valence-corrected chi connectivity index (χ3v) is 2.57. The standard InChI is InChI=1S/C15H9ClFO/c1-2-15(18-12-6-4-3-5-7-12)13-9-8-11(16)10-14(13)17/h1,4-10,15H. The predicted molar refractivity (Wildman–Crippen MR) is 68.9 cm³/mol. The van der Waals surface area contributed by atoms with E-state index in [-0.39, 0.29) is 5.56 Å². The molecule has 0 aromatic heterocycles. The maximum absolute atomic E-state index is 13.7. The number of benzene rings is 2. The zero-order valence-corrected chi connectivity index (χ0v) is 10.1. The minimum Gasteiger partial charge on any atom is -0.473 e. The monoisotopic (exact) mass is 259 g/mol. The summed E-state index contributed by atoms with van der Waals surface area (Å²) in [4.78, 5) is 0. The highest BCUT2D eigenvalue weighted by Crippen LogP contribution is 2.25. The van der Waals surface area contributed by atoms with Gasteiger partial charge in [0.1, 0.15) is 11.6 Å². The highest BCUT2D eigenvalue weighted by atomic mass is 35.5. The van der Waals surface area contributed by atoms with Crippen molar-refractivity contribution in [3.8, 4) is 18.1 Å². The molecule has 0 fully saturated rings. The third kappa shape index (κ3) is 2.82.